The Morgan fingerprint density at radius 2 is 1.71 bits per heavy atom. The first kappa shape index (κ1) is 33.1. The van der Waals surface area contributed by atoms with Gasteiger partial charge in [-0.15, -0.1) is 0 Å². The van der Waals surface area contributed by atoms with E-state index in [1.54, 1.807) is 0 Å². The number of aliphatic hydroxyl groups excluding tert-OH is 1. The van der Waals surface area contributed by atoms with Crippen molar-refractivity contribution in [2.24, 2.45) is 0 Å². The molecule has 0 aliphatic heterocycles. The van der Waals surface area contributed by atoms with Gasteiger partial charge in [-0.3, -0.25) is 24.0 Å². The molecule has 1 unspecified atom stereocenters. The fourth-order valence-electron chi connectivity index (χ4n) is 4.16. The lowest BCUT2D eigenvalue weighted by Crippen LogP contribution is -2.49. The Labute approximate surface area is 240 Å². The molecule has 0 saturated heterocycles. The molecule has 0 spiro atoms. The van der Waals surface area contributed by atoms with E-state index in [1.165, 1.54) is 20.3 Å². The molecule has 0 bridgehead atoms. The predicted octanol–water partition coefficient (Wildman–Crippen LogP) is 0.239. The van der Waals surface area contributed by atoms with Crippen LogP contribution in [-0.2, 0) is 19.2 Å². The molecular formula is C26H33N3O11S. The number of Topliss-reactive ketones (excluding diaryl/α,β-unsaturated/α-hetero) is 1. The molecule has 1 aromatic rings. The monoisotopic (exact) mass is 595 g/mol. The second-order valence-corrected chi connectivity index (χ2v) is 9.36. The van der Waals surface area contributed by atoms with Crippen LogP contribution in [0.25, 0.3) is 0 Å². The van der Waals surface area contributed by atoms with Crippen molar-refractivity contribution in [3.63, 3.8) is 0 Å². The number of thiol groups is 1. The minimum atomic E-state index is -1.49. The molecule has 14 nitrogen and oxygen atoms in total. The Morgan fingerprint density at radius 1 is 1.02 bits per heavy atom. The van der Waals surface area contributed by atoms with Crippen LogP contribution < -0.4 is 25.4 Å². The number of aliphatic hydroxyl groups is 1. The Kier molecular flexibility index (Phi) is 12.1. The van der Waals surface area contributed by atoms with Crippen LogP contribution in [0.1, 0.15) is 65.0 Å². The first-order valence-electron chi connectivity index (χ1n) is 12.6. The van der Waals surface area contributed by atoms with E-state index < -0.39 is 66.5 Å². The van der Waals surface area contributed by atoms with Gasteiger partial charge >= 0.3 is 11.9 Å². The highest BCUT2D eigenvalue weighted by atomic mass is 32.1. The zero-order valence-corrected chi connectivity index (χ0v) is 23.6. The largest absolute Gasteiger partial charge is 0.496 e. The van der Waals surface area contributed by atoms with Crippen LogP contribution in [0.2, 0.25) is 0 Å². The summed E-state index contributed by atoms with van der Waals surface area (Å²) in [7, 11) is 2.57. The van der Waals surface area contributed by atoms with Gasteiger partial charge in [-0.2, -0.15) is 12.6 Å². The van der Waals surface area contributed by atoms with Gasteiger partial charge in [0.2, 0.25) is 17.6 Å². The Morgan fingerprint density at radius 3 is 2.24 bits per heavy atom. The van der Waals surface area contributed by atoms with Crippen molar-refractivity contribution in [3.05, 3.63) is 34.5 Å². The average Bonchev–Trinajstić information content (AvgIpc) is 2.93. The number of aliphatic carboxylic acids is 2. The minimum absolute atomic E-state index is 0.00740. The van der Waals surface area contributed by atoms with E-state index in [4.69, 9.17) is 14.6 Å². The molecule has 3 atom stereocenters. The lowest BCUT2D eigenvalue weighted by molar-refractivity contribution is -0.139. The van der Waals surface area contributed by atoms with Gasteiger partial charge in [-0.1, -0.05) is 13.3 Å². The summed E-state index contributed by atoms with van der Waals surface area (Å²) in [5, 5.41) is 35.9. The summed E-state index contributed by atoms with van der Waals surface area (Å²) in [4.78, 5) is 73.6. The zero-order chi connectivity index (χ0) is 30.9. The summed E-state index contributed by atoms with van der Waals surface area (Å²) >= 11 is 3.96. The van der Waals surface area contributed by atoms with Crippen molar-refractivity contribution < 1.29 is 53.6 Å². The van der Waals surface area contributed by atoms with E-state index in [1.807, 2.05) is 6.92 Å². The molecule has 41 heavy (non-hydrogen) atoms. The van der Waals surface area contributed by atoms with Crippen molar-refractivity contribution >= 4 is 47.9 Å². The number of amides is 2. The molecule has 2 amide bonds. The second-order valence-electron chi connectivity index (χ2n) is 9.00. The number of carbonyl (C=O) groups is 6. The van der Waals surface area contributed by atoms with Crippen LogP contribution >= 0.6 is 12.6 Å². The van der Waals surface area contributed by atoms with Crippen LogP contribution in [0.5, 0.6) is 11.5 Å². The summed E-state index contributed by atoms with van der Waals surface area (Å²) in [6.07, 6.45) is 0.176. The highest BCUT2D eigenvalue weighted by Gasteiger charge is 2.36. The molecule has 1 aliphatic rings. The van der Waals surface area contributed by atoms with Crippen molar-refractivity contribution in [3.8, 4) is 11.5 Å². The number of ketones is 2. The van der Waals surface area contributed by atoms with E-state index >= 15 is 0 Å². The van der Waals surface area contributed by atoms with Gasteiger partial charge in [0.1, 0.15) is 30.1 Å². The van der Waals surface area contributed by atoms with E-state index in [-0.39, 0.29) is 46.1 Å². The first-order chi connectivity index (χ1) is 19.4. The third kappa shape index (κ3) is 8.20. The lowest BCUT2D eigenvalue weighted by atomic mass is 9.87. The van der Waals surface area contributed by atoms with Gasteiger partial charge < -0.3 is 40.7 Å². The average molecular weight is 596 g/mol. The molecular weight excluding hydrogens is 562 g/mol. The fraction of sp³-hybridized carbons (Fsp3) is 0.462. The van der Waals surface area contributed by atoms with E-state index in [0.717, 1.165) is 6.08 Å². The smallest absolute Gasteiger partial charge is 0.326 e. The summed E-state index contributed by atoms with van der Waals surface area (Å²) in [6.45, 7) is 1.20. The van der Waals surface area contributed by atoms with Crippen LogP contribution in [-0.4, -0.2) is 89.2 Å². The number of rotatable bonds is 16. The number of carboxylic acid groups (broad SMARTS) is 2. The first-order valence-corrected chi connectivity index (χ1v) is 13.2. The molecule has 0 heterocycles. The molecule has 0 fully saturated rings. The number of carboxylic acids is 2. The van der Waals surface area contributed by atoms with Crippen molar-refractivity contribution in [1.29, 1.82) is 0 Å². The molecule has 1 aromatic carbocycles. The topological polar surface area (TPSA) is 218 Å². The third-order valence-electron chi connectivity index (χ3n) is 6.15. The fourth-order valence-corrected chi connectivity index (χ4v) is 4.41. The maximum Gasteiger partial charge on any atom is 0.326 e. The maximum absolute atomic E-state index is 13.4. The van der Waals surface area contributed by atoms with E-state index in [0.29, 0.717) is 12.8 Å². The zero-order valence-electron chi connectivity index (χ0n) is 22.7. The minimum Gasteiger partial charge on any atom is -0.496 e. The number of benzene rings is 1. The van der Waals surface area contributed by atoms with Crippen LogP contribution in [0.3, 0.4) is 0 Å². The van der Waals surface area contributed by atoms with Gasteiger partial charge in [0.15, 0.2) is 5.78 Å². The Bertz CT molecular complexity index is 1250. The highest BCUT2D eigenvalue weighted by molar-refractivity contribution is 7.80. The maximum atomic E-state index is 13.4. The van der Waals surface area contributed by atoms with Crippen LogP contribution in [0, 0.1) is 0 Å². The molecule has 0 radical (unpaired) electrons. The predicted molar refractivity (Wildman–Crippen MR) is 146 cm³/mol. The molecule has 6 N–H and O–H groups in total. The summed E-state index contributed by atoms with van der Waals surface area (Å²) in [6, 6.07) is -1.25. The van der Waals surface area contributed by atoms with E-state index in [2.05, 4.69) is 28.6 Å². The van der Waals surface area contributed by atoms with Gasteiger partial charge in [0.05, 0.1) is 37.1 Å². The second kappa shape index (κ2) is 15.0. The third-order valence-corrected chi connectivity index (χ3v) is 6.51. The highest BCUT2D eigenvalue weighted by Crippen LogP contribution is 2.41. The quantitative estimate of drug-likeness (QED) is 0.128. The van der Waals surface area contributed by atoms with Gasteiger partial charge in [-0.05, 0) is 18.9 Å². The van der Waals surface area contributed by atoms with Crippen LogP contribution in [0.4, 0.5) is 0 Å². The number of nitrogens with one attached hydrogen (secondary N) is 3. The van der Waals surface area contributed by atoms with Gasteiger partial charge in [0.25, 0.3) is 0 Å². The van der Waals surface area contributed by atoms with Gasteiger partial charge in [-0.25, -0.2) is 4.79 Å². The van der Waals surface area contributed by atoms with E-state index in [9.17, 15) is 39.0 Å². The summed E-state index contributed by atoms with van der Waals surface area (Å²) in [5.74, 6) is -5.81. The number of ether oxygens (including phenoxy) is 2. The number of allylic oxidation sites excluding steroid dienone is 2. The number of carbonyl (C=O) groups excluding carboxylic acids is 4. The standard InChI is InChI=1S/C26H33N3O11S/c1-4-5-16(30)12-8-18(39-2)22-21(24(12)40-3)17(31)9-14(23(22)35)28-13(26(37)38)6-7-19(32)29-15(11-41)25(36)27-10-20(33)34/h8-9,13,15-16,28,30,41H,4-7,10-11H2,1-3H3,(H,27,36)(H,29,32)(H,33,34)(H,37,38)/t13-,15-,16?/m0/s1. The van der Waals surface area contributed by atoms with Crippen molar-refractivity contribution in [2.45, 2.75) is 50.8 Å². The number of fused-ring (bicyclic) bond motifs is 1. The lowest BCUT2D eigenvalue weighted by Gasteiger charge is -2.25. The van der Waals surface area contributed by atoms with Gasteiger partial charge in [0, 0.05) is 23.8 Å². The number of hydrogen-bond acceptors (Lipinski definition) is 11. The molecule has 1 aliphatic carbocycles. The Balaban J connectivity index is 2.25. The normalized spacial score (nSPS) is 14.6. The molecule has 224 valence electrons. The van der Waals surface area contributed by atoms with Crippen LogP contribution in [0.15, 0.2) is 17.8 Å². The molecule has 0 aromatic heterocycles. The molecule has 0 saturated carbocycles. The number of methoxy groups -OCH3 is 2. The van der Waals surface area contributed by atoms with Crippen molar-refractivity contribution in [2.75, 3.05) is 26.5 Å². The number of hydrogen-bond donors (Lipinski definition) is 7. The Hall–Kier alpha value is -4.11. The molecule has 15 heteroatoms. The summed E-state index contributed by atoms with van der Waals surface area (Å²) < 4.78 is 10.7. The molecule has 2 rings (SSSR count). The SMILES string of the molecule is CCCC(O)c1cc(OC)c2c(c1OC)C(=O)C=C(N[C@@H](CCC(=O)N[C@@H](CS)C(=O)NCC(=O)O)C(=O)O)C2=O. The van der Waals surface area contributed by atoms with Crippen molar-refractivity contribution in [1.82, 2.24) is 16.0 Å². The summed E-state index contributed by atoms with van der Waals surface area (Å²) in [5.41, 5.74) is -0.379.